The van der Waals surface area contributed by atoms with Gasteiger partial charge in [0.05, 0.1) is 30.5 Å². The summed E-state index contributed by atoms with van der Waals surface area (Å²) in [5, 5.41) is 4.37. The van der Waals surface area contributed by atoms with Crippen molar-refractivity contribution in [3.8, 4) is 0 Å². The van der Waals surface area contributed by atoms with Crippen molar-refractivity contribution in [3.05, 3.63) is 12.4 Å². The average Bonchev–Trinajstić information content (AvgIpc) is 2.86. The lowest BCUT2D eigenvalue weighted by Crippen LogP contribution is -2.41. The first-order chi connectivity index (χ1) is 9.87. The van der Waals surface area contributed by atoms with Crippen molar-refractivity contribution in [2.24, 2.45) is 0 Å². The van der Waals surface area contributed by atoms with E-state index < -0.39 is 0 Å². The molecule has 0 spiro atoms. The number of rotatable bonds is 5. The third-order valence-corrected chi connectivity index (χ3v) is 4.90. The van der Waals surface area contributed by atoms with Crippen LogP contribution in [-0.2, 0) is 20.6 Å². The van der Waals surface area contributed by atoms with Crippen molar-refractivity contribution in [1.29, 1.82) is 0 Å². The van der Waals surface area contributed by atoms with E-state index in [0.29, 0.717) is 6.10 Å². The van der Waals surface area contributed by atoms with E-state index in [9.17, 15) is 0 Å². The molecule has 2 heterocycles. The van der Waals surface area contributed by atoms with E-state index in [1.807, 2.05) is 17.1 Å². The summed E-state index contributed by atoms with van der Waals surface area (Å²) in [6.45, 7) is 9.73. The van der Waals surface area contributed by atoms with E-state index in [1.54, 1.807) is 0 Å². The van der Waals surface area contributed by atoms with Gasteiger partial charge in [-0.3, -0.25) is 4.68 Å². The largest absolute Gasteiger partial charge is 0.498 e. The van der Waals surface area contributed by atoms with Gasteiger partial charge in [-0.1, -0.05) is 0 Å². The van der Waals surface area contributed by atoms with Crippen LogP contribution in [0.4, 0.5) is 0 Å². The van der Waals surface area contributed by atoms with Crippen LogP contribution in [0.5, 0.6) is 0 Å². The molecule has 1 aromatic rings. The molecule has 21 heavy (non-hydrogen) atoms. The Labute approximate surface area is 127 Å². The normalized spacial score (nSPS) is 24.3. The van der Waals surface area contributed by atoms with Crippen molar-refractivity contribution >= 4 is 12.6 Å². The highest BCUT2D eigenvalue weighted by Crippen LogP contribution is 2.36. The monoisotopic (exact) mass is 292 g/mol. The Balaban J connectivity index is 1.55. The second-order valence-corrected chi connectivity index (χ2v) is 7.05. The highest BCUT2D eigenvalue weighted by Gasteiger charge is 2.52. The highest BCUT2D eigenvalue weighted by molar-refractivity contribution is 6.61. The lowest BCUT2D eigenvalue weighted by molar-refractivity contribution is -0.00234. The van der Waals surface area contributed by atoms with E-state index >= 15 is 0 Å². The predicted molar refractivity (Wildman–Crippen MR) is 81.5 cm³/mol. The maximum absolute atomic E-state index is 6.03. The number of aromatic nitrogens is 2. The molecule has 6 heteroatoms. The highest BCUT2D eigenvalue weighted by atomic mass is 16.7. The fourth-order valence-electron chi connectivity index (χ4n) is 2.45. The summed E-state index contributed by atoms with van der Waals surface area (Å²) in [5.41, 5.74) is 0.345. The third kappa shape index (κ3) is 3.03. The van der Waals surface area contributed by atoms with Crippen LogP contribution in [0.1, 0.15) is 47.0 Å². The second kappa shape index (κ2) is 5.41. The summed E-state index contributed by atoms with van der Waals surface area (Å²) in [6, 6.07) is 0. The Morgan fingerprint density at radius 1 is 1.29 bits per heavy atom. The molecule has 0 aromatic carbocycles. The van der Waals surface area contributed by atoms with Crippen molar-refractivity contribution in [3.63, 3.8) is 0 Å². The molecule has 3 rings (SSSR count). The summed E-state index contributed by atoms with van der Waals surface area (Å²) in [5.74, 6) is 0. The molecular formula is C15H25BN2O3. The first-order valence-corrected chi connectivity index (χ1v) is 7.87. The van der Waals surface area contributed by atoms with Gasteiger partial charge in [-0.25, -0.2) is 0 Å². The van der Waals surface area contributed by atoms with Crippen LogP contribution in [0.25, 0.3) is 0 Å². The van der Waals surface area contributed by atoms with Crippen LogP contribution < -0.4 is 5.46 Å². The summed E-state index contributed by atoms with van der Waals surface area (Å²) < 4.78 is 19.7. The Bertz CT molecular complexity index is 481. The van der Waals surface area contributed by atoms with Gasteiger partial charge in [-0.2, -0.15) is 5.10 Å². The quantitative estimate of drug-likeness (QED) is 0.776. The molecular weight excluding hydrogens is 267 g/mol. The van der Waals surface area contributed by atoms with Crippen LogP contribution in [0.3, 0.4) is 0 Å². The van der Waals surface area contributed by atoms with Gasteiger partial charge >= 0.3 is 7.12 Å². The third-order valence-electron chi connectivity index (χ3n) is 4.90. The molecule has 116 valence electrons. The van der Waals surface area contributed by atoms with Gasteiger partial charge in [0.2, 0.25) is 0 Å². The second-order valence-electron chi connectivity index (χ2n) is 7.05. The Morgan fingerprint density at radius 2 is 1.95 bits per heavy atom. The number of ether oxygens (including phenoxy) is 1. The first-order valence-electron chi connectivity index (χ1n) is 7.87. The van der Waals surface area contributed by atoms with E-state index in [-0.39, 0.29) is 18.3 Å². The number of hydrogen-bond acceptors (Lipinski definition) is 4. The van der Waals surface area contributed by atoms with Crippen LogP contribution in [0.15, 0.2) is 12.4 Å². The van der Waals surface area contributed by atoms with Crippen molar-refractivity contribution in [2.75, 3.05) is 6.61 Å². The molecule has 1 saturated carbocycles. The SMILES string of the molecule is CC1(C)OB(c2cnn(CCOC3CCC3)c2)OC1(C)C. The summed E-state index contributed by atoms with van der Waals surface area (Å²) in [4.78, 5) is 0. The van der Waals surface area contributed by atoms with E-state index in [2.05, 4.69) is 32.8 Å². The molecule has 0 unspecified atom stereocenters. The van der Waals surface area contributed by atoms with Gasteiger partial charge in [0, 0.05) is 17.9 Å². The van der Waals surface area contributed by atoms with Crippen LogP contribution in [0.2, 0.25) is 0 Å². The minimum absolute atomic E-state index is 0.312. The average molecular weight is 292 g/mol. The minimum Gasteiger partial charge on any atom is -0.399 e. The predicted octanol–water partition coefficient (Wildman–Crippen LogP) is 1.75. The zero-order valence-electron chi connectivity index (χ0n) is 13.5. The fraction of sp³-hybridized carbons (Fsp3) is 0.800. The topological polar surface area (TPSA) is 45.5 Å². The summed E-state index contributed by atoms with van der Waals surface area (Å²) in [6.07, 6.45) is 8.01. The molecule has 0 N–H and O–H groups in total. The lowest BCUT2D eigenvalue weighted by atomic mass is 9.82. The van der Waals surface area contributed by atoms with Crippen LogP contribution in [-0.4, -0.2) is 40.8 Å². The van der Waals surface area contributed by atoms with Gasteiger partial charge in [-0.05, 0) is 47.0 Å². The molecule has 0 atom stereocenters. The first kappa shape index (κ1) is 15.1. The maximum atomic E-state index is 6.03. The molecule has 1 aliphatic heterocycles. The van der Waals surface area contributed by atoms with E-state index in [4.69, 9.17) is 14.0 Å². The van der Waals surface area contributed by atoms with Gasteiger partial charge < -0.3 is 14.0 Å². The van der Waals surface area contributed by atoms with Crippen molar-refractivity contribution < 1.29 is 14.0 Å². The van der Waals surface area contributed by atoms with Crippen LogP contribution in [0, 0.1) is 0 Å². The molecule has 0 radical (unpaired) electrons. The Kier molecular flexibility index (Phi) is 3.88. The number of nitrogens with zero attached hydrogens (tertiary/aromatic N) is 2. The smallest absolute Gasteiger partial charge is 0.399 e. The Morgan fingerprint density at radius 3 is 2.52 bits per heavy atom. The zero-order valence-corrected chi connectivity index (χ0v) is 13.5. The molecule has 0 amide bonds. The van der Waals surface area contributed by atoms with Crippen molar-refractivity contribution in [2.45, 2.75) is 70.8 Å². The van der Waals surface area contributed by atoms with Crippen molar-refractivity contribution in [1.82, 2.24) is 9.78 Å². The molecule has 1 aliphatic carbocycles. The molecule has 0 bridgehead atoms. The van der Waals surface area contributed by atoms with Gasteiger partial charge in [0.15, 0.2) is 0 Å². The molecule has 5 nitrogen and oxygen atoms in total. The molecule has 1 saturated heterocycles. The van der Waals surface area contributed by atoms with E-state index in [0.717, 1.165) is 18.6 Å². The zero-order chi connectivity index (χ0) is 15.1. The van der Waals surface area contributed by atoms with Gasteiger partial charge in [-0.15, -0.1) is 0 Å². The summed E-state index contributed by atoms with van der Waals surface area (Å²) in [7, 11) is -0.337. The fourth-order valence-corrected chi connectivity index (χ4v) is 2.45. The van der Waals surface area contributed by atoms with Gasteiger partial charge in [0.25, 0.3) is 0 Å². The minimum atomic E-state index is -0.337. The van der Waals surface area contributed by atoms with E-state index in [1.165, 1.54) is 19.3 Å². The number of hydrogen-bond donors (Lipinski definition) is 0. The molecule has 2 aliphatic rings. The lowest BCUT2D eigenvalue weighted by Gasteiger charge is -2.32. The Hall–Kier alpha value is -0.845. The standard InChI is InChI=1S/C15H25BN2O3/c1-14(2)15(3,4)21-16(20-14)12-10-17-18(11-12)8-9-19-13-6-5-7-13/h10-11,13H,5-9H2,1-4H3. The van der Waals surface area contributed by atoms with Crippen LogP contribution >= 0.6 is 0 Å². The molecule has 2 fully saturated rings. The van der Waals surface area contributed by atoms with Gasteiger partial charge in [0.1, 0.15) is 0 Å². The maximum Gasteiger partial charge on any atom is 0.498 e. The molecule has 1 aromatic heterocycles. The summed E-state index contributed by atoms with van der Waals surface area (Å²) >= 11 is 0.